The highest BCUT2D eigenvalue weighted by molar-refractivity contribution is 9.10. The standard InChI is InChI=1S/C38H46BrN3/c1-2-3-4-5-6-7-8-9-10-11-13-20-31(37-33-23-17-16-19-30(33)26-27-41-37)21-14-12-15-22-32(28-40)35-29-42-38-34(35)24-18-25-36(38)39/h9-10,16-19,22-27,29,31,42H,2-8,11-15,20-21H2,1H3/b10-9-,32-22+. The molecule has 0 spiro atoms. The van der Waals surface area contributed by atoms with E-state index in [1.807, 2.05) is 24.5 Å². The number of allylic oxidation sites excluding steroid dienone is 4. The number of nitriles is 1. The van der Waals surface area contributed by atoms with Gasteiger partial charge in [-0.25, -0.2) is 0 Å². The number of aromatic nitrogens is 2. The van der Waals surface area contributed by atoms with Gasteiger partial charge >= 0.3 is 0 Å². The molecule has 0 aliphatic heterocycles. The van der Waals surface area contributed by atoms with E-state index in [0.717, 1.165) is 65.0 Å². The minimum atomic E-state index is 0.452. The molecule has 4 rings (SSSR count). The van der Waals surface area contributed by atoms with Crippen LogP contribution in [0, 0.1) is 11.3 Å². The van der Waals surface area contributed by atoms with E-state index in [2.05, 4.69) is 88.5 Å². The zero-order valence-electron chi connectivity index (χ0n) is 25.3. The highest BCUT2D eigenvalue weighted by Crippen LogP contribution is 2.33. The van der Waals surface area contributed by atoms with Crippen molar-refractivity contribution < 1.29 is 0 Å². The molecule has 3 nitrogen and oxygen atoms in total. The van der Waals surface area contributed by atoms with Crippen molar-refractivity contribution in [2.75, 3.05) is 0 Å². The normalized spacial score (nSPS) is 12.8. The molecule has 220 valence electrons. The molecule has 0 aliphatic rings. The Labute approximate surface area is 261 Å². The van der Waals surface area contributed by atoms with Crippen LogP contribution >= 0.6 is 15.9 Å². The second-order valence-electron chi connectivity index (χ2n) is 11.5. The Morgan fingerprint density at radius 1 is 0.857 bits per heavy atom. The predicted molar refractivity (Wildman–Crippen MR) is 184 cm³/mol. The Morgan fingerprint density at radius 3 is 2.45 bits per heavy atom. The van der Waals surface area contributed by atoms with Crippen molar-refractivity contribution in [3.05, 3.63) is 94.9 Å². The molecule has 1 atom stereocenters. The largest absolute Gasteiger partial charge is 0.360 e. The van der Waals surface area contributed by atoms with Gasteiger partial charge < -0.3 is 4.98 Å². The Bertz CT molecular complexity index is 1480. The minimum Gasteiger partial charge on any atom is -0.360 e. The first-order valence-electron chi connectivity index (χ1n) is 16.1. The van der Waals surface area contributed by atoms with E-state index in [9.17, 15) is 5.26 Å². The van der Waals surface area contributed by atoms with Gasteiger partial charge in [0.15, 0.2) is 0 Å². The molecule has 1 unspecified atom stereocenters. The average molecular weight is 625 g/mol. The fourth-order valence-electron chi connectivity index (χ4n) is 5.98. The summed E-state index contributed by atoms with van der Waals surface area (Å²) >= 11 is 3.61. The van der Waals surface area contributed by atoms with Gasteiger partial charge in [-0.3, -0.25) is 4.98 Å². The number of H-pyrrole nitrogens is 1. The first kappa shape index (κ1) is 31.8. The molecule has 0 saturated carbocycles. The van der Waals surface area contributed by atoms with E-state index in [0.29, 0.717) is 5.92 Å². The third kappa shape index (κ3) is 9.17. The van der Waals surface area contributed by atoms with Gasteiger partial charge in [-0.2, -0.15) is 5.26 Å². The van der Waals surface area contributed by atoms with Crippen molar-refractivity contribution in [3.8, 4) is 6.07 Å². The van der Waals surface area contributed by atoms with Gasteiger partial charge in [0.05, 0.1) is 22.9 Å². The van der Waals surface area contributed by atoms with Crippen LogP contribution in [0.1, 0.15) is 114 Å². The summed E-state index contributed by atoms with van der Waals surface area (Å²) in [5.41, 5.74) is 4.02. The summed E-state index contributed by atoms with van der Waals surface area (Å²) < 4.78 is 1.02. The number of halogens is 1. The third-order valence-electron chi connectivity index (χ3n) is 8.34. The number of pyridine rings is 1. The topological polar surface area (TPSA) is 52.5 Å². The molecule has 2 heterocycles. The van der Waals surface area contributed by atoms with Crippen LogP contribution in [-0.2, 0) is 0 Å². The molecule has 4 heteroatoms. The maximum atomic E-state index is 9.90. The van der Waals surface area contributed by atoms with Gasteiger partial charge in [-0.1, -0.05) is 100 Å². The van der Waals surface area contributed by atoms with Gasteiger partial charge in [0.25, 0.3) is 0 Å². The number of rotatable bonds is 18. The monoisotopic (exact) mass is 623 g/mol. The number of aromatic amines is 1. The zero-order valence-corrected chi connectivity index (χ0v) is 26.8. The average Bonchev–Trinajstić information content (AvgIpc) is 3.45. The quantitative estimate of drug-likeness (QED) is 0.0680. The van der Waals surface area contributed by atoms with Crippen molar-refractivity contribution in [1.82, 2.24) is 9.97 Å². The lowest BCUT2D eigenvalue weighted by atomic mass is 9.89. The number of unbranched alkanes of at least 4 members (excludes halogenated alkanes) is 9. The van der Waals surface area contributed by atoms with E-state index < -0.39 is 0 Å². The number of nitrogens with zero attached hydrogens (tertiary/aromatic N) is 2. The molecule has 42 heavy (non-hydrogen) atoms. The SMILES string of the molecule is CCCCCCCC/C=C\CCCC(CCCC/C=C(\C#N)c1c[nH]c2c(Br)cccc12)c1nccc2ccccc12. The first-order valence-corrected chi connectivity index (χ1v) is 16.9. The van der Waals surface area contributed by atoms with Crippen LogP contribution in [0.25, 0.3) is 27.2 Å². The number of hydrogen-bond donors (Lipinski definition) is 1. The molecule has 2 aromatic heterocycles. The number of hydrogen-bond acceptors (Lipinski definition) is 2. The summed E-state index contributed by atoms with van der Waals surface area (Å²) in [5.74, 6) is 0.452. The number of nitrogens with one attached hydrogen (secondary N) is 1. The van der Waals surface area contributed by atoms with Crippen LogP contribution in [0.5, 0.6) is 0 Å². The molecule has 0 radical (unpaired) electrons. The van der Waals surface area contributed by atoms with E-state index in [4.69, 9.17) is 4.98 Å². The maximum Gasteiger partial charge on any atom is 0.0995 e. The highest BCUT2D eigenvalue weighted by atomic mass is 79.9. The van der Waals surface area contributed by atoms with Crippen LogP contribution in [0.3, 0.4) is 0 Å². The smallest absolute Gasteiger partial charge is 0.0995 e. The second-order valence-corrected chi connectivity index (χ2v) is 12.3. The van der Waals surface area contributed by atoms with Gasteiger partial charge in [-0.15, -0.1) is 0 Å². The van der Waals surface area contributed by atoms with Gasteiger partial charge in [0.1, 0.15) is 0 Å². The van der Waals surface area contributed by atoms with Crippen molar-refractivity contribution in [2.24, 2.45) is 0 Å². The fraction of sp³-hybridized carbons (Fsp3) is 0.421. The Balaban J connectivity index is 1.31. The van der Waals surface area contributed by atoms with Crippen LogP contribution in [0.2, 0.25) is 0 Å². The molecule has 0 saturated heterocycles. The van der Waals surface area contributed by atoms with E-state index in [1.54, 1.807) is 0 Å². The van der Waals surface area contributed by atoms with Crippen molar-refractivity contribution in [1.29, 1.82) is 5.26 Å². The summed E-state index contributed by atoms with van der Waals surface area (Å²) in [6.07, 6.45) is 27.9. The predicted octanol–water partition coefficient (Wildman–Crippen LogP) is 12.2. The van der Waals surface area contributed by atoms with E-state index in [-0.39, 0.29) is 0 Å². The molecule has 0 amide bonds. The number of para-hydroxylation sites is 1. The first-order chi connectivity index (χ1) is 20.7. The minimum absolute atomic E-state index is 0.452. The molecule has 4 aromatic rings. The maximum absolute atomic E-state index is 9.90. The van der Waals surface area contributed by atoms with Crippen molar-refractivity contribution in [2.45, 2.75) is 103 Å². The molecule has 0 bridgehead atoms. The van der Waals surface area contributed by atoms with Gasteiger partial charge in [-0.05, 0) is 84.8 Å². The molecule has 0 aliphatic carbocycles. The lowest BCUT2D eigenvalue weighted by Crippen LogP contribution is -2.03. The summed E-state index contributed by atoms with van der Waals surface area (Å²) in [7, 11) is 0. The van der Waals surface area contributed by atoms with Crippen molar-refractivity contribution >= 4 is 43.2 Å². The van der Waals surface area contributed by atoms with Crippen LogP contribution in [0.15, 0.2) is 83.6 Å². The summed E-state index contributed by atoms with van der Waals surface area (Å²) in [6.45, 7) is 2.28. The van der Waals surface area contributed by atoms with Crippen LogP contribution in [-0.4, -0.2) is 9.97 Å². The van der Waals surface area contributed by atoms with Crippen molar-refractivity contribution in [3.63, 3.8) is 0 Å². The Morgan fingerprint density at radius 2 is 1.60 bits per heavy atom. The molecule has 0 fully saturated rings. The Hall–Kier alpha value is -3.16. The Kier molecular flexibility index (Phi) is 13.4. The molecular formula is C38H46BrN3. The summed E-state index contributed by atoms with van der Waals surface area (Å²) in [6, 6.07) is 19.3. The van der Waals surface area contributed by atoms with Crippen LogP contribution in [0.4, 0.5) is 0 Å². The molecule has 2 aromatic carbocycles. The van der Waals surface area contributed by atoms with E-state index >= 15 is 0 Å². The van der Waals surface area contributed by atoms with Gasteiger partial charge in [0, 0.05) is 39.1 Å². The van der Waals surface area contributed by atoms with Gasteiger partial charge in [0.2, 0.25) is 0 Å². The lowest BCUT2D eigenvalue weighted by molar-refractivity contribution is 0.518. The number of benzene rings is 2. The molecule has 1 N–H and O–H groups in total. The third-order valence-corrected chi connectivity index (χ3v) is 9.00. The summed E-state index contributed by atoms with van der Waals surface area (Å²) in [5, 5.41) is 13.5. The fourth-order valence-corrected chi connectivity index (χ4v) is 6.46. The number of fused-ring (bicyclic) bond motifs is 2. The summed E-state index contributed by atoms with van der Waals surface area (Å²) in [4.78, 5) is 8.22. The van der Waals surface area contributed by atoms with Crippen LogP contribution < -0.4 is 0 Å². The highest BCUT2D eigenvalue weighted by Gasteiger charge is 2.16. The molecular weight excluding hydrogens is 578 g/mol. The second kappa shape index (κ2) is 17.7. The van der Waals surface area contributed by atoms with E-state index in [1.165, 1.54) is 67.8 Å². The zero-order chi connectivity index (χ0) is 29.4. The lowest BCUT2D eigenvalue weighted by Gasteiger charge is -2.18.